The van der Waals surface area contributed by atoms with Crippen molar-refractivity contribution in [1.29, 1.82) is 5.26 Å². The molecule has 0 atom stereocenters. The Labute approximate surface area is 117 Å². The van der Waals surface area contributed by atoms with E-state index in [9.17, 15) is 4.79 Å². The van der Waals surface area contributed by atoms with Crippen molar-refractivity contribution in [3.63, 3.8) is 0 Å². The maximum Gasteiger partial charge on any atom is 0.344 e. The van der Waals surface area contributed by atoms with Gasteiger partial charge < -0.3 is 9.47 Å². The fourth-order valence-electron chi connectivity index (χ4n) is 1.91. The van der Waals surface area contributed by atoms with Crippen LogP contribution in [0.25, 0.3) is 10.8 Å². The summed E-state index contributed by atoms with van der Waals surface area (Å²) < 4.78 is 10.2. The van der Waals surface area contributed by atoms with E-state index in [1.807, 2.05) is 30.3 Å². The predicted octanol–water partition coefficient (Wildman–Crippen LogP) is 2.85. The van der Waals surface area contributed by atoms with Gasteiger partial charge in [-0.05, 0) is 35.4 Å². The number of hydrogen-bond acceptors (Lipinski definition) is 4. The third-order valence-corrected chi connectivity index (χ3v) is 2.82. The summed E-state index contributed by atoms with van der Waals surface area (Å²) in [6, 6.07) is 13.6. The first-order valence-electron chi connectivity index (χ1n) is 6.41. The molecule has 0 saturated carbocycles. The second-order valence-electron chi connectivity index (χ2n) is 4.27. The molecule has 0 radical (unpaired) electrons. The maximum absolute atomic E-state index is 11.2. The SMILES string of the molecule is CCOC(=O)COc1ccc2cc(CC#N)ccc2c1. The molecular formula is C16H15NO3. The van der Waals surface area contributed by atoms with Crippen LogP contribution in [0.1, 0.15) is 12.5 Å². The van der Waals surface area contributed by atoms with Crippen LogP contribution >= 0.6 is 0 Å². The number of carbonyl (C=O) groups excluding carboxylic acids is 1. The highest BCUT2D eigenvalue weighted by atomic mass is 16.6. The topological polar surface area (TPSA) is 59.3 Å². The lowest BCUT2D eigenvalue weighted by Crippen LogP contribution is -2.14. The Balaban J connectivity index is 2.12. The summed E-state index contributed by atoms with van der Waals surface area (Å²) in [5.41, 5.74) is 0.986. The minimum absolute atomic E-state index is 0.0914. The molecule has 0 unspecified atom stereocenters. The molecule has 0 amide bonds. The number of benzene rings is 2. The molecule has 2 aromatic rings. The van der Waals surface area contributed by atoms with Gasteiger partial charge in [0.05, 0.1) is 19.1 Å². The summed E-state index contributed by atoms with van der Waals surface area (Å²) in [4.78, 5) is 11.2. The van der Waals surface area contributed by atoms with E-state index in [1.165, 1.54) is 0 Å². The first-order chi connectivity index (χ1) is 9.72. The van der Waals surface area contributed by atoms with Gasteiger partial charge in [0.25, 0.3) is 0 Å². The van der Waals surface area contributed by atoms with Crippen LogP contribution in [-0.2, 0) is 16.0 Å². The summed E-state index contributed by atoms with van der Waals surface area (Å²) in [6.45, 7) is 2.01. The molecule has 0 fully saturated rings. The minimum Gasteiger partial charge on any atom is -0.482 e. The van der Waals surface area contributed by atoms with Crippen LogP contribution in [0.15, 0.2) is 36.4 Å². The van der Waals surface area contributed by atoms with Gasteiger partial charge in [-0.3, -0.25) is 0 Å². The lowest BCUT2D eigenvalue weighted by atomic mass is 10.1. The van der Waals surface area contributed by atoms with E-state index in [0.717, 1.165) is 16.3 Å². The Morgan fingerprint density at radius 2 is 1.95 bits per heavy atom. The summed E-state index contributed by atoms with van der Waals surface area (Å²) in [5, 5.41) is 10.7. The summed E-state index contributed by atoms with van der Waals surface area (Å²) >= 11 is 0. The lowest BCUT2D eigenvalue weighted by molar-refractivity contribution is -0.145. The van der Waals surface area contributed by atoms with Crippen molar-refractivity contribution in [2.45, 2.75) is 13.3 Å². The molecule has 0 aromatic heterocycles. The van der Waals surface area contributed by atoms with Crippen LogP contribution in [-0.4, -0.2) is 19.2 Å². The van der Waals surface area contributed by atoms with Crippen LogP contribution in [0.2, 0.25) is 0 Å². The Morgan fingerprint density at radius 3 is 2.70 bits per heavy atom. The fourth-order valence-corrected chi connectivity index (χ4v) is 1.91. The van der Waals surface area contributed by atoms with E-state index < -0.39 is 0 Å². The van der Waals surface area contributed by atoms with Crippen molar-refractivity contribution in [2.24, 2.45) is 0 Å². The standard InChI is InChI=1S/C16H15NO3/c1-2-19-16(18)11-20-15-6-5-13-9-12(7-8-17)3-4-14(13)10-15/h3-6,9-10H,2,7,11H2,1H3. The van der Waals surface area contributed by atoms with Crippen molar-refractivity contribution >= 4 is 16.7 Å². The molecule has 102 valence electrons. The van der Waals surface area contributed by atoms with Gasteiger partial charge in [0, 0.05) is 0 Å². The highest BCUT2D eigenvalue weighted by Gasteiger charge is 2.04. The molecule has 20 heavy (non-hydrogen) atoms. The molecule has 2 aromatic carbocycles. The number of carbonyl (C=O) groups is 1. The highest BCUT2D eigenvalue weighted by molar-refractivity contribution is 5.84. The van der Waals surface area contributed by atoms with Gasteiger partial charge in [-0.15, -0.1) is 0 Å². The molecule has 0 aliphatic carbocycles. The zero-order valence-corrected chi connectivity index (χ0v) is 11.3. The summed E-state index contributed by atoms with van der Waals surface area (Å²) in [7, 11) is 0. The zero-order valence-electron chi connectivity index (χ0n) is 11.3. The van der Waals surface area contributed by atoms with Crippen molar-refractivity contribution < 1.29 is 14.3 Å². The molecule has 0 spiro atoms. The van der Waals surface area contributed by atoms with E-state index in [2.05, 4.69) is 6.07 Å². The molecule has 0 aliphatic rings. The van der Waals surface area contributed by atoms with Crippen LogP contribution in [0.3, 0.4) is 0 Å². The first-order valence-corrected chi connectivity index (χ1v) is 6.41. The average molecular weight is 269 g/mol. The van der Waals surface area contributed by atoms with E-state index in [0.29, 0.717) is 18.8 Å². The van der Waals surface area contributed by atoms with Gasteiger partial charge in [-0.25, -0.2) is 4.79 Å². The van der Waals surface area contributed by atoms with Gasteiger partial charge >= 0.3 is 5.97 Å². The quantitative estimate of drug-likeness (QED) is 0.783. The van der Waals surface area contributed by atoms with Gasteiger partial charge in [-0.1, -0.05) is 24.3 Å². The Bertz CT molecular complexity index is 658. The molecule has 4 nitrogen and oxygen atoms in total. The molecule has 2 rings (SSSR count). The fraction of sp³-hybridized carbons (Fsp3) is 0.250. The van der Waals surface area contributed by atoms with Crippen molar-refractivity contribution in [2.75, 3.05) is 13.2 Å². The second-order valence-corrected chi connectivity index (χ2v) is 4.27. The van der Waals surface area contributed by atoms with Crippen molar-refractivity contribution in [3.05, 3.63) is 42.0 Å². The van der Waals surface area contributed by atoms with Crippen LogP contribution < -0.4 is 4.74 Å². The number of hydrogen-bond donors (Lipinski definition) is 0. The molecule has 0 bridgehead atoms. The van der Waals surface area contributed by atoms with Crippen LogP contribution in [0, 0.1) is 11.3 Å². The number of esters is 1. The second kappa shape index (κ2) is 6.58. The van der Waals surface area contributed by atoms with Crippen molar-refractivity contribution in [3.8, 4) is 11.8 Å². The zero-order chi connectivity index (χ0) is 14.4. The average Bonchev–Trinajstić information content (AvgIpc) is 2.46. The highest BCUT2D eigenvalue weighted by Crippen LogP contribution is 2.22. The maximum atomic E-state index is 11.2. The van der Waals surface area contributed by atoms with Gasteiger partial charge in [0.15, 0.2) is 6.61 Å². The number of rotatable bonds is 5. The van der Waals surface area contributed by atoms with Gasteiger partial charge in [-0.2, -0.15) is 5.26 Å². The Kier molecular flexibility index (Phi) is 4.56. The van der Waals surface area contributed by atoms with E-state index >= 15 is 0 Å². The van der Waals surface area contributed by atoms with Gasteiger partial charge in [0.2, 0.25) is 0 Å². The number of nitriles is 1. The number of nitrogens with zero attached hydrogens (tertiary/aromatic N) is 1. The Hall–Kier alpha value is -2.54. The van der Waals surface area contributed by atoms with E-state index in [1.54, 1.807) is 13.0 Å². The van der Waals surface area contributed by atoms with Crippen molar-refractivity contribution in [1.82, 2.24) is 0 Å². The number of ether oxygens (including phenoxy) is 2. The number of fused-ring (bicyclic) bond motifs is 1. The lowest BCUT2D eigenvalue weighted by Gasteiger charge is -2.07. The van der Waals surface area contributed by atoms with E-state index in [4.69, 9.17) is 14.7 Å². The van der Waals surface area contributed by atoms with Gasteiger partial charge in [0.1, 0.15) is 5.75 Å². The van der Waals surface area contributed by atoms with Crippen LogP contribution in [0.4, 0.5) is 0 Å². The van der Waals surface area contributed by atoms with Crippen LogP contribution in [0.5, 0.6) is 5.75 Å². The summed E-state index contributed by atoms with van der Waals surface area (Å²) in [6.07, 6.45) is 0.400. The Morgan fingerprint density at radius 1 is 1.20 bits per heavy atom. The van der Waals surface area contributed by atoms with E-state index in [-0.39, 0.29) is 12.6 Å². The molecule has 0 N–H and O–H groups in total. The summed E-state index contributed by atoms with van der Waals surface area (Å²) in [5.74, 6) is 0.246. The normalized spacial score (nSPS) is 10.0. The molecule has 0 heterocycles. The monoisotopic (exact) mass is 269 g/mol. The third kappa shape index (κ3) is 3.48. The molecular weight excluding hydrogens is 254 g/mol. The molecule has 0 aliphatic heterocycles. The molecule has 0 saturated heterocycles. The predicted molar refractivity (Wildman–Crippen MR) is 75.4 cm³/mol. The largest absolute Gasteiger partial charge is 0.482 e. The minimum atomic E-state index is -0.378. The first kappa shape index (κ1) is 13.9. The third-order valence-electron chi connectivity index (χ3n) is 2.82. The molecule has 4 heteroatoms. The smallest absolute Gasteiger partial charge is 0.344 e.